The second-order valence-electron chi connectivity index (χ2n) is 3.77. The maximum absolute atomic E-state index is 13.3. The molecule has 0 amide bonds. The van der Waals surface area contributed by atoms with Crippen LogP contribution >= 0.6 is 15.9 Å². The third-order valence-corrected chi connectivity index (χ3v) is 2.30. The Labute approximate surface area is 95.5 Å². The lowest BCUT2D eigenvalue weighted by Gasteiger charge is -2.24. The molecule has 0 unspecified atom stereocenters. The first-order chi connectivity index (χ1) is 6.85. The van der Waals surface area contributed by atoms with E-state index >= 15 is 0 Å². The van der Waals surface area contributed by atoms with E-state index in [1.165, 1.54) is 6.07 Å². The van der Waals surface area contributed by atoms with Gasteiger partial charge in [0.25, 0.3) is 0 Å². The minimum atomic E-state index is -1.00. The highest BCUT2D eigenvalue weighted by Gasteiger charge is 2.21. The molecule has 1 rings (SSSR count). The third-order valence-electron chi connectivity index (χ3n) is 1.84. The molecule has 0 heterocycles. The van der Waals surface area contributed by atoms with E-state index in [1.807, 2.05) is 0 Å². The fourth-order valence-corrected chi connectivity index (χ4v) is 1.35. The monoisotopic (exact) mass is 279 g/mol. The molecule has 0 radical (unpaired) electrons. The van der Waals surface area contributed by atoms with Gasteiger partial charge < -0.3 is 10.5 Å². The molecular formula is C10H12BrF2NO. The van der Waals surface area contributed by atoms with Gasteiger partial charge in [0.2, 0.25) is 5.82 Å². The van der Waals surface area contributed by atoms with Crippen molar-refractivity contribution in [2.75, 3.05) is 6.54 Å². The number of benzene rings is 1. The number of halogens is 3. The third kappa shape index (κ3) is 3.14. The molecule has 0 atom stereocenters. The molecule has 15 heavy (non-hydrogen) atoms. The van der Waals surface area contributed by atoms with Gasteiger partial charge in [0.15, 0.2) is 11.6 Å². The topological polar surface area (TPSA) is 35.2 Å². The lowest BCUT2D eigenvalue weighted by atomic mass is 10.1. The summed E-state index contributed by atoms with van der Waals surface area (Å²) in [4.78, 5) is 0. The lowest BCUT2D eigenvalue weighted by Crippen LogP contribution is -2.37. The second kappa shape index (κ2) is 4.45. The molecule has 0 spiro atoms. The van der Waals surface area contributed by atoms with Gasteiger partial charge in [-0.2, -0.15) is 4.39 Å². The van der Waals surface area contributed by atoms with E-state index in [1.54, 1.807) is 13.8 Å². The zero-order valence-electron chi connectivity index (χ0n) is 8.48. The van der Waals surface area contributed by atoms with Crippen LogP contribution in [0.1, 0.15) is 13.8 Å². The van der Waals surface area contributed by atoms with E-state index in [0.29, 0.717) is 4.47 Å². The zero-order valence-corrected chi connectivity index (χ0v) is 10.1. The smallest absolute Gasteiger partial charge is 0.200 e. The average Bonchev–Trinajstić information content (AvgIpc) is 2.13. The largest absolute Gasteiger partial charge is 0.483 e. The van der Waals surface area contributed by atoms with Gasteiger partial charge in [0, 0.05) is 11.0 Å². The summed E-state index contributed by atoms with van der Waals surface area (Å²) in [5.41, 5.74) is 4.70. The van der Waals surface area contributed by atoms with E-state index in [2.05, 4.69) is 15.9 Å². The van der Waals surface area contributed by atoms with Crippen LogP contribution in [0.4, 0.5) is 8.78 Å². The van der Waals surface area contributed by atoms with Crippen molar-refractivity contribution in [3.63, 3.8) is 0 Å². The second-order valence-corrected chi connectivity index (χ2v) is 4.68. The molecule has 84 valence electrons. The van der Waals surface area contributed by atoms with Crippen molar-refractivity contribution in [3.05, 3.63) is 28.2 Å². The summed E-state index contributed by atoms with van der Waals surface area (Å²) in [5, 5.41) is 0. The molecule has 0 saturated heterocycles. The van der Waals surface area contributed by atoms with E-state index in [4.69, 9.17) is 10.5 Å². The number of ether oxygens (including phenoxy) is 1. The van der Waals surface area contributed by atoms with Crippen LogP contribution in [0.3, 0.4) is 0 Å². The van der Waals surface area contributed by atoms with Gasteiger partial charge in [-0.15, -0.1) is 0 Å². The summed E-state index contributed by atoms with van der Waals surface area (Å²) in [6.07, 6.45) is 0. The molecule has 0 bridgehead atoms. The van der Waals surface area contributed by atoms with Crippen molar-refractivity contribution >= 4 is 15.9 Å². The molecule has 0 saturated carbocycles. The van der Waals surface area contributed by atoms with Gasteiger partial charge in [0.1, 0.15) is 5.60 Å². The normalized spacial score (nSPS) is 11.6. The van der Waals surface area contributed by atoms with Crippen molar-refractivity contribution in [2.24, 2.45) is 5.73 Å². The predicted molar refractivity (Wildman–Crippen MR) is 57.8 cm³/mol. The Bertz CT molecular complexity index is 369. The molecule has 0 aliphatic heterocycles. The first-order valence-electron chi connectivity index (χ1n) is 4.39. The molecule has 0 fully saturated rings. The van der Waals surface area contributed by atoms with Crippen LogP contribution in [0.15, 0.2) is 16.6 Å². The van der Waals surface area contributed by atoms with Crippen molar-refractivity contribution in [3.8, 4) is 5.75 Å². The fraction of sp³-hybridized carbons (Fsp3) is 0.400. The summed E-state index contributed by atoms with van der Waals surface area (Å²) in [6, 6.07) is 2.41. The highest BCUT2D eigenvalue weighted by atomic mass is 79.9. The van der Waals surface area contributed by atoms with Gasteiger partial charge in [0.05, 0.1) is 0 Å². The van der Waals surface area contributed by atoms with Crippen LogP contribution in [0.25, 0.3) is 0 Å². The number of hydrogen-bond acceptors (Lipinski definition) is 2. The summed E-state index contributed by atoms with van der Waals surface area (Å²) < 4.78 is 32.0. The zero-order chi connectivity index (χ0) is 11.6. The minimum Gasteiger partial charge on any atom is -0.483 e. The Balaban J connectivity index is 3.05. The lowest BCUT2D eigenvalue weighted by molar-refractivity contribution is 0.111. The van der Waals surface area contributed by atoms with Crippen LogP contribution < -0.4 is 10.5 Å². The molecule has 0 aliphatic carbocycles. The van der Waals surface area contributed by atoms with E-state index < -0.39 is 17.2 Å². The number of rotatable bonds is 3. The van der Waals surface area contributed by atoms with Gasteiger partial charge in [-0.3, -0.25) is 0 Å². The average molecular weight is 280 g/mol. The maximum Gasteiger partial charge on any atom is 0.200 e. The van der Waals surface area contributed by atoms with Gasteiger partial charge in [-0.25, -0.2) is 4.39 Å². The highest BCUT2D eigenvalue weighted by Crippen LogP contribution is 2.27. The predicted octanol–water partition coefficient (Wildman–Crippen LogP) is 2.84. The Kier molecular flexibility index (Phi) is 3.67. The first-order valence-corrected chi connectivity index (χ1v) is 5.18. The van der Waals surface area contributed by atoms with Crippen molar-refractivity contribution in [1.82, 2.24) is 0 Å². The van der Waals surface area contributed by atoms with Gasteiger partial charge >= 0.3 is 0 Å². The van der Waals surface area contributed by atoms with Crippen LogP contribution in [-0.2, 0) is 0 Å². The quantitative estimate of drug-likeness (QED) is 0.864. The van der Waals surface area contributed by atoms with Gasteiger partial charge in [-0.1, -0.05) is 15.9 Å². The van der Waals surface area contributed by atoms with E-state index in [0.717, 1.165) is 6.07 Å². The maximum atomic E-state index is 13.3. The molecule has 2 N–H and O–H groups in total. The highest BCUT2D eigenvalue weighted by molar-refractivity contribution is 9.10. The van der Waals surface area contributed by atoms with Crippen molar-refractivity contribution in [2.45, 2.75) is 19.4 Å². The molecule has 2 nitrogen and oxygen atoms in total. The van der Waals surface area contributed by atoms with E-state index in [9.17, 15) is 8.78 Å². The molecule has 5 heteroatoms. The summed E-state index contributed by atoms with van der Waals surface area (Å²) in [7, 11) is 0. The SMILES string of the molecule is CC(C)(CN)Oc1cc(Br)cc(F)c1F. The summed E-state index contributed by atoms with van der Waals surface area (Å²) >= 11 is 3.06. The van der Waals surface area contributed by atoms with E-state index in [-0.39, 0.29) is 12.3 Å². The fourth-order valence-electron chi connectivity index (χ4n) is 0.946. The standard InChI is InChI=1S/C10H12BrF2NO/c1-10(2,5-14)15-8-4-6(11)3-7(12)9(8)13/h3-4H,5,14H2,1-2H3. The molecule has 1 aromatic carbocycles. The molecular weight excluding hydrogens is 268 g/mol. The molecule has 1 aromatic rings. The van der Waals surface area contributed by atoms with Crippen molar-refractivity contribution in [1.29, 1.82) is 0 Å². The Morgan fingerprint density at radius 3 is 2.53 bits per heavy atom. The van der Waals surface area contributed by atoms with Gasteiger partial charge in [-0.05, 0) is 26.0 Å². The first kappa shape index (κ1) is 12.4. The number of hydrogen-bond donors (Lipinski definition) is 1. The van der Waals surface area contributed by atoms with Crippen LogP contribution in [0.5, 0.6) is 5.75 Å². The molecule has 0 aromatic heterocycles. The van der Waals surface area contributed by atoms with Crippen LogP contribution in [-0.4, -0.2) is 12.1 Å². The summed E-state index contributed by atoms with van der Waals surface area (Å²) in [6.45, 7) is 3.61. The Morgan fingerprint density at radius 2 is 2.00 bits per heavy atom. The number of nitrogens with two attached hydrogens (primary N) is 1. The van der Waals surface area contributed by atoms with Crippen LogP contribution in [0.2, 0.25) is 0 Å². The van der Waals surface area contributed by atoms with Crippen LogP contribution in [0, 0.1) is 11.6 Å². The molecule has 0 aliphatic rings. The Morgan fingerprint density at radius 1 is 1.40 bits per heavy atom. The minimum absolute atomic E-state index is 0.141. The van der Waals surface area contributed by atoms with Crippen molar-refractivity contribution < 1.29 is 13.5 Å². The Hall–Kier alpha value is -0.680. The summed E-state index contributed by atoms with van der Waals surface area (Å²) in [5.74, 6) is -2.09.